The van der Waals surface area contributed by atoms with Gasteiger partial charge in [0.05, 0.1) is 16.5 Å². The Balaban J connectivity index is 2.02. The summed E-state index contributed by atoms with van der Waals surface area (Å²) in [7, 11) is -2.80. The fraction of sp³-hybridized carbons (Fsp3) is 0.700. The van der Waals surface area contributed by atoms with E-state index in [9.17, 15) is 8.42 Å². The van der Waals surface area contributed by atoms with Crippen LogP contribution in [0.4, 0.5) is 0 Å². The summed E-state index contributed by atoms with van der Waals surface area (Å²) < 4.78 is 22.7. The minimum atomic E-state index is -2.80. The van der Waals surface area contributed by atoms with Gasteiger partial charge in [-0.15, -0.1) is 11.3 Å². The molecule has 0 amide bonds. The van der Waals surface area contributed by atoms with Gasteiger partial charge in [-0.3, -0.25) is 0 Å². The lowest BCUT2D eigenvalue weighted by Gasteiger charge is -2.01. The molecule has 1 fully saturated rings. The van der Waals surface area contributed by atoms with Crippen LogP contribution in [0.5, 0.6) is 0 Å². The molecule has 1 aliphatic rings. The Hall–Kier alpha value is -0.460. The molecule has 1 unspecified atom stereocenters. The molecule has 1 aliphatic heterocycles. The Morgan fingerprint density at radius 1 is 1.62 bits per heavy atom. The van der Waals surface area contributed by atoms with E-state index < -0.39 is 9.84 Å². The van der Waals surface area contributed by atoms with Gasteiger partial charge in [-0.05, 0) is 13.0 Å². The summed E-state index contributed by atoms with van der Waals surface area (Å²) in [6, 6.07) is 0. The SMILES string of the molecule is CCNCc1cnc(C2CCS(=O)(=O)C2)s1. The Morgan fingerprint density at radius 2 is 2.44 bits per heavy atom. The zero-order chi connectivity index (χ0) is 11.6. The van der Waals surface area contributed by atoms with Crippen LogP contribution in [0, 0.1) is 0 Å². The van der Waals surface area contributed by atoms with E-state index in [1.165, 1.54) is 4.88 Å². The van der Waals surface area contributed by atoms with Crippen LogP contribution in [0.25, 0.3) is 0 Å². The van der Waals surface area contributed by atoms with Crippen LogP contribution in [-0.4, -0.2) is 31.5 Å². The number of hydrogen-bond donors (Lipinski definition) is 1. The van der Waals surface area contributed by atoms with Crippen molar-refractivity contribution in [1.29, 1.82) is 0 Å². The molecule has 1 aromatic heterocycles. The molecule has 2 heterocycles. The van der Waals surface area contributed by atoms with E-state index in [4.69, 9.17) is 0 Å². The van der Waals surface area contributed by atoms with E-state index in [1.54, 1.807) is 11.3 Å². The monoisotopic (exact) mass is 260 g/mol. The molecule has 1 atom stereocenters. The molecule has 16 heavy (non-hydrogen) atoms. The van der Waals surface area contributed by atoms with Gasteiger partial charge in [-0.2, -0.15) is 0 Å². The van der Waals surface area contributed by atoms with Crippen LogP contribution in [0.3, 0.4) is 0 Å². The molecule has 0 spiro atoms. The Bertz CT molecular complexity index is 453. The third-order valence-corrected chi connectivity index (χ3v) is 5.63. The fourth-order valence-electron chi connectivity index (χ4n) is 1.83. The highest BCUT2D eigenvalue weighted by molar-refractivity contribution is 7.91. The molecule has 1 N–H and O–H groups in total. The van der Waals surface area contributed by atoms with Crippen molar-refractivity contribution >= 4 is 21.2 Å². The van der Waals surface area contributed by atoms with E-state index in [0.29, 0.717) is 5.75 Å². The third kappa shape index (κ3) is 2.81. The molecule has 0 bridgehead atoms. The van der Waals surface area contributed by atoms with Crippen molar-refractivity contribution in [2.24, 2.45) is 0 Å². The second-order valence-electron chi connectivity index (χ2n) is 4.05. The van der Waals surface area contributed by atoms with Crippen molar-refractivity contribution in [3.63, 3.8) is 0 Å². The zero-order valence-electron chi connectivity index (χ0n) is 9.27. The molecule has 0 aliphatic carbocycles. The highest BCUT2D eigenvalue weighted by Gasteiger charge is 2.30. The average Bonchev–Trinajstić information content (AvgIpc) is 2.81. The van der Waals surface area contributed by atoms with Crippen LogP contribution in [-0.2, 0) is 16.4 Å². The van der Waals surface area contributed by atoms with Gasteiger partial charge in [0, 0.05) is 23.5 Å². The van der Waals surface area contributed by atoms with Gasteiger partial charge in [0.1, 0.15) is 0 Å². The van der Waals surface area contributed by atoms with E-state index >= 15 is 0 Å². The Labute approximate surface area is 100 Å². The summed E-state index contributed by atoms with van der Waals surface area (Å²) in [5.74, 6) is 0.728. The lowest BCUT2D eigenvalue weighted by molar-refractivity contribution is 0.601. The molecule has 4 nitrogen and oxygen atoms in total. The normalized spacial score (nSPS) is 23.7. The third-order valence-electron chi connectivity index (χ3n) is 2.70. The van der Waals surface area contributed by atoms with E-state index in [-0.39, 0.29) is 11.7 Å². The number of thiazole rings is 1. The van der Waals surface area contributed by atoms with Crippen molar-refractivity contribution < 1.29 is 8.42 Å². The summed E-state index contributed by atoms with van der Waals surface area (Å²) in [5.41, 5.74) is 0. The quantitative estimate of drug-likeness (QED) is 0.882. The first-order valence-electron chi connectivity index (χ1n) is 5.46. The number of hydrogen-bond acceptors (Lipinski definition) is 5. The standard InChI is InChI=1S/C10H16N2O2S2/c1-2-11-5-9-6-12-10(15-9)8-3-4-16(13,14)7-8/h6,8,11H,2-5,7H2,1H3. The second kappa shape index (κ2) is 4.81. The van der Waals surface area contributed by atoms with Crippen molar-refractivity contribution in [3.8, 4) is 0 Å². The first-order chi connectivity index (χ1) is 7.61. The first-order valence-corrected chi connectivity index (χ1v) is 8.10. The predicted molar refractivity (Wildman–Crippen MR) is 65.5 cm³/mol. The summed E-state index contributed by atoms with van der Waals surface area (Å²) in [6.07, 6.45) is 2.59. The highest BCUT2D eigenvalue weighted by atomic mass is 32.2. The molecular weight excluding hydrogens is 244 g/mol. The second-order valence-corrected chi connectivity index (χ2v) is 7.42. The lowest BCUT2D eigenvalue weighted by atomic mass is 10.1. The number of rotatable bonds is 4. The summed E-state index contributed by atoms with van der Waals surface area (Å²) in [6.45, 7) is 3.82. The van der Waals surface area contributed by atoms with Gasteiger partial charge in [-0.25, -0.2) is 13.4 Å². The van der Waals surface area contributed by atoms with Gasteiger partial charge in [0.25, 0.3) is 0 Å². The topological polar surface area (TPSA) is 59.1 Å². The van der Waals surface area contributed by atoms with Gasteiger partial charge in [-0.1, -0.05) is 6.92 Å². The average molecular weight is 260 g/mol. The smallest absolute Gasteiger partial charge is 0.151 e. The van der Waals surface area contributed by atoms with Crippen molar-refractivity contribution in [2.45, 2.75) is 25.8 Å². The minimum Gasteiger partial charge on any atom is -0.312 e. The zero-order valence-corrected chi connectivity index (χ0v) is 10.9. The summed E-state index contributed by atoms with van der Waals surface area (Å²) >= 11 is 1.63. The number of aromatic nitrogens is 1. The maximum absolute atomic E-state index is 11.4. The largest absolute Gasteiger partial charge is 0.312 e. The summed E-state index contributed by atoms with van der Waals surface area (Å²) in [5, 5.41) is 4.22. The van der Waals surface area contributed by atoms with Gasteiger partial charge in [0.15, 0.2) is 9.84 Å². The van der Waals surface area contributed by atoms with Crippen LogP contribution < -0.4 is 5.32 Å². The van der Waals surface area contributed by atoms with Crippen LogP contribution in [0.15, 0.2) is 6.20 Å². The molecule has 0 saturated carbocycles. The maximum atomic E-state index is 11.4. The predicted octanol–water partition coefficient (Wildman–Crippen LogP) is 1.15. The molecule has 0 radical (unpaired) electrons. The number of nitrogens with zero attached hydrogens (tertiary/aromatic N) is 1. The minimum absolute atomic E-state index is 0.130. The van der Waals surface area contributed by atoms with Crippen molar-refractivity contribution in [2.75, 3.05) is 18.1 Å². The molecule has 6 heteroatoms. The molecular formula is C10H16N2O2S2. The van der Waals surface area contributed by atoms with Crippen LogP contribution in [0.1, 0.15) is 29.1 Å². The molecule has 0 aromatic carbocycles. The fourth-order valence-corrected chi connectivity index (χ4v) is 4.71. The van der Waals surface area contributed by atoms with E-state index in [2.05, 4.69) is 17.2 Å². The maximum Gasteiger partial charge on any atom is 0.151 e. The first kappa shape index (κ1) is 12.0. The van der Waals surface area contributed by atoms with Crippen LogP contribution in [0.2, 0.25) is 0 Å². The lowest BCUT2D eigenvalue weighted by Crippen LogP contribution is -2.10. The van der Waals surface area contributed by atoms with Gasteiger partial charge >= 0.3 is 0 Å². The van der Waals surface area contributed by atoms with Gasteiger partial charge in [0.2, 0.25) is 0 Å². The Kier molecular flexibility index (Phi) is 3.61. The van der Waals surface area contributed by atoms with Crippen molar-refractivity contribution in [1.82, 2.24) is 10.3 Å². The summed E-state index contributed by atoms with van der Waals surface area (Å²) in [4.78, 5) is 5.51. The van der Waals surface area contributed by atoms with Crippen LogP contribution >= 0.6 is 11.3 Å². The van der Waals surface area contributed by atoms with E-state index in [1.807, 2.05) is 6.20 Å². The number of sulfone groups is 1. The highest BCUT2D eigenvalue weighted by Crippen LogP contribution is 2.31. The molecule has 1 aromatic rings. The molecule has 90 valence electrons. The molecule has 1 saturated heterocycles. The van der Waals surface area contributed by atoms with Crippen molar-refractivity contribution in [3.05, 3.63) is 16.1 Å². The van der Waals surface area contributed by atoms with Gasteiger partial charge < -0.3 is 5.32 Å². The Morgan fingerprint density at radius 3 is 3.06 bits per heavy atom. The molecule has 2 rings (SSSR count). The van der Waals surface area contributed by atoms with E-state index in [0.717, 1.165) is 24.5 Å². The number of nitrogens with one attached hydrogen (secondary N) is 1.